The van der Waals surface area contributed by atoms with Crippen LogP contribution < -0.4 is 5.32 Å². The average Bonchev–Trinajstić information content (AvgIpc) is 2.33. The Labute approximate surface area is 109 Å². The molecule has 108 valence electrons. The normalized spacial score (nSPS) is 13.6. The van der Waals surface area contributed by atoms with Crippen molar-refractivity contribution in [3.05, 3.63) is 35.1 Å². The number of halogens is 4. The van der Waals surface area contributed by atoms with Crippen LogP contribution in [0.3, 0.4) is 0 Å². The van der Waals surface area contributed by atoms with Crippen LogP contribution in [0.15, 0.2) is 18.2 Å². The molecule has 19 heavy (non-hydrogen) atoms. The Morgan fingerprint density at radius 2 is 1.95 bits per heavy atom. The van der Waals surface area contributed by atoms with Gasteiger partial charge in [0.2, 0.25) is 0 Å². The first-order chi connectivity index (χ1) is 8.91. The molecule has 0 radical (unpaired) electrons. The lowest BCUT2D eigenvalue weighted by atomic mass is 10.0. The fourth-order valence-electron chi connectivity index (χ4n) is 1.78. The highest BCUT2D eigenvalue weighted by atomic mass is 19.4. The van der Waals surface area contributed by atoms with E-state index in [2.05, 4.69) is 5.32 Å². The van der Waals surface area contributed by atoms with Crippen LogP contribution >= 0.6 is 0 Å². The van der Waals surface area contributed by atoms with Gasteiger partial charge in [-0.1, -0.05) is 19.1 Å². The summed E-state index contributed by atoms with van der Waals surface area (Å²) in [5.41, 5.74) is -1.27. The summed E-state index contributed by atoms with van der Waals surface area (Å²) in [5.74, 6) is -1.24. The SMILES string of the molecule is CCNC(COCC)c1cccc(C(F)(F)F)c1F. The predicted octanol–water partition coefficient (Wildman–Crippen LogP) is 3.53. The summed E-state index contributed by atoms with van der Waals surface area (Å²) in [7, 11) is 0. The summed E-state index contributed by atoms with van der Waals surface area (Å²) in [5, 5.41) is 2.92. The van der Waals surface area contributed by atoms with E-state index in [1.165, 1.54) is 12.1 Å². The Hall–Kier alpha value is -1.14. The topological polar surface area (TPSA) is 21.3 Å². The Bertz CT molecular complexity index is 406. The van der Waals surface area contributed by atoms with Crippen LogP contribution in [-0.2, 0) is 10.9 Å². The monoisotopic (exact) mass is 279 g/mol. The van der Waals surface area contributed by atoms with Gasteiger partial charge in [-0.2, -0.15) is 13.2 Å². The molecule has 0 aromatic heterocycles. The molecule has 1 atom stereocenters. The van der Waals surface area contributed by atoms with Gasteiger partial charge in [0.15, 0.2) is 0 Å². The first-order valence-corrected chi connectivity index (χ1v) is 6.08. The van der Waals surface area contributed by atoms with Crippen molar-refractivity contribution in [2.45, 2.75) is 26.1 Å². The molecular weight excluding hydrogens is 262 g/mol. The molecule has 2 nitrogen and oxygen atoms in total. The lowest BCUT2D eigenvalue weighted by molar-refractivity contribution is -0.140. The van der Waals surface area contributed by atoms with E-state index < -0.39 is 23.6 Å². The van der Waals surface area contributed by atoms with E-state index in [0.717, 1.165) is 6.07 Å². The molecule has 1 rings (SSSR count). The van der Waals surface area contributed by atoms with Gasteiger partial charge in [0, 0.05) is 12.2 Å². The zero-order valence-electron chi connectivity index (χ0n) is 10.9. The molecule has 1 unspecified atom stereocenters. The Morgan fingerprint density at radius 1 is 1.26 bits per heavy atom. The van der Waals surface area contributed by atoms with Gasteiger partial charge in [0.05, 0.1) is 18.2 Å². The molecule has 0 aliphatic carbocycles. The number of ether oxygens (including phenoxy) is 1. The number of likely N-dealkylation sites (N-methyl/N-ethyl adjacent to an activating group) is 1. The molecule has 0 aliphatic rings. The average molecular weight is 279 g/mol. The minimum Gasteiger partial charge on any atom is -0.380 e. The van der Waals surface area contributed by atoms with Gasteiger partial charge in [0.25, 0.3) is 0 Å². The second-order valence-electron chi connectivity index (χ2n) is 3.98. The highest BCUT2D eigenvalue weighted by molar-refractivity contribution is 5.30. The van der Waals surface area contributed by atoms with Gasteiger partial charge >= 0.3 is 6.18 Å². The van der Waals surface area contributed by atoms with Crippen LogP contribution in [0.2, 0.25) is 0 Å². The highest BCUT2D eigenvalue weighted by Gasteiger charge is 2.35. The zero-order chi connectivity index (χ0) is 14.5. The van der Waals surface area contributed by atoms with E-state index in [1.807, 2.05) is 0 Å². The van der Waals surface area contributed by atoms with Crippen molar-refractivity contribution < 1.29 is 22.3 Å². The van der Waals surface area contributed by atoms with Gasteiger partial charge in [-0.3, -0.25) is 0 Å². The van der Waals surface area contributed by atoms with Crippen molar-refractivity contribution in [1.82, 2.24) is 5.32 Å². The lowest BCUT2D eigenvalue weighted by Gasteiger charge is -2.20. The standard InChI is InChI=1S/C13H17F4NO/c1-3-18-11(8-19-4-2)9-6-5-7-10(12(9)14)13(15,16)17/h5-7,11,18H,3-4,8H2,1-2H3. The second-order valence-corrected chi connectivity index (χ2v) is 3.98. The molecule has 0 spiro atoms. The lowest BCUT2D eigenvalue weighted by Crippen LogP contribution is -2.27. The van der Waals surface area contributed by atoms with Gasteiger partial charge in [-0.25, -0.2) is 4.39 Å². The van der Waals surface area contributed by atoms with Crippen LogP contribution in [0.4, 0.5) is 17.6 Å². The van der Waals surface area contributed by atoms with E-state index >= 15 is 0 Å². The maximum atomic E-state index is 14.0. The smallest absolute Gasteiger partial charge is 0.380 e. The molecule has 0 fully saturated rings. The number of hydrogen-bond acceptors (Lipinski definition) is 2. The number of hydrogen-bond donors (Lipinski definition) is 1. The summed E-state index contributed by atoms with van der Waals surface area (Å²) in [6, 6.07) is 2.70. The van der Waals surface area contributed by atoms with Crippen LogP contribution in [0, 0.1) is 5.82 Å². The molecular formula is C13H17F4NO. The molecule has 0 bridgehead atoms. The van der Waals surface area contributed by atoms with Crippen molar-refractivity contribution in [1.29, 1.82) is 0 Å². The minimum atomic E-state index is -4.69. The van der Waals surface area contributed by atoms with Gasteiger partial charge in [-0.15, -0.1) is 0 Å². The van der Waals surface area contributed by atoms with Crippen LogP contribution in [0.25, 0.3) is 0 Å². The summed E-state index contributed by atoms with van der Waals surface area (Å²) in [6.07, 6.45) is -4.69. The van der Waals surface area contributed by atoms with E-state index in [9.17, 15) is 17.6 Å². The quantitative estimate of drug-likeness (QED) is 0.804. The maximum Gasteiger partial charge on any atom is 0.419 e. The Morgan fingerprint density at radius 3 is 2.47 bits per heavy atom. The Balaban J connectivity index is 3.09. The first kappa shape index (κ1) is 15.9. The van der Waals surface area contributed by atoms with E-state index in [4.69, 9.17) is 4.74 Å². The molecule has 0 saturated heterocycles. The van der Waals surface area contributed by atoms with Crippen molar-refractivity contribution >= 4 is 0 Å². The van der Waals surface area contributed by atoms with Gasteiger partial charge < -0.3 is 10.1 Å². The van der Waals surface area contributed by atoms with E-state index in [1.54, 1.807) is 13.8 Å². The van der Waals surface area contributed by atoms with Crippen LogP contribution in [-0.4, -0.2) is 19.8 Å². The first-order valence-electron chi connectivity index (χ1n) is 6.08. The van der Waals surface area contributed by atoms with E-state index in [0.29, 0.717) is 13.2 Å². The summed E-state index contributed by atoms with van der Waals surface area (Å²) < 4.78 is 57.0. The Kier molecular flexibility index (Phi) is 5.75. The number of nitrogens with one attached hydrogen (secondary N) is 1. The maximum absolute atomic E-state index is 14.0. The molecule has 1 aromatic carbocycles. The van der Waals surface area contributed by atoms with Crippen LogP contribution in [0.1, 0.15) is 31.0 Å². The molecule has 6 heteroatoms. The third-order valence-electron chi connectivity index (χ3n) is 2.65. The van der Waals surface area contributed by atoms with E-state index in [-0.39, 0.29) is 12.2 Å². The molecule has 1 aromatic rings. The highest BCUT2D eigenvalue weighted by Crippen LogP contribution is 2.33. The van der Waals surface area contributed by atoms with Gasteiger partial charge in [-0.05, 0) is 19.5 Å². The molecule has 1 N–H and O–H groups in total. The number of rotatable bonds is 6. The van der Waals surface area contributed by atoms with Crippen molar-refractivity contribution in [2.75, 3.05) is 19.8 Å². The molecule has 0 aliphatic heterocycles. The number of benzene rings is 1. The van der Waals surface area contributed by atoms with Crippen molar-refractivity contribution in [3.8, 4) is 0 Å². The second kappa shape index (κ2) is 6.86. The zero-order valence-corrected chi connectivity index (χ0v) is 10.9. The van der Waals surface area contributed by atoms with Gasteiger partial charge in [0.1, 0.15) is 5.82 Å². The van der Waals surface area contributed by atoms with Crippen LogP contribution in [0.5, 0.6) is 0 Å². The summed E-state index contributed by atoms with van der Waals surface area (Å²) >= 11 is 0. The summed E-state index contributed by atoms with van der Waals surface area (Å²) in [6.45, 7) is 4.62. The fraction of sp³-hybridized carbons (Fsp3) is 0.538. The predicted molar refractivity (Wildman–Crippen MR) is 64.3 cm³/mol. The minimum absolute atomic E-state index is 0.0230. The third kappa shape index (κ3) is 4.18. The molecule has 0 heterocycles. The number of alkyl halides is 3. The van der Waals surface area contributed by atoms with Crippen molar-refractivity contribution in [2.24, 2.45) is 0 Å². The fourth-order valence-corrected chi connectivity index (χ4v) is 1.78. The molecule has 0 saturated carbocycles. The third-order valence-corrected chi connectivity index (χ3v) is 2.65. The summed E-state index contributed by atoms with van der Waals surface area (Å²) in [4.78, 5) is 0. The molecule has 0 amide bonds. The van der Waals surface area contributed by atoms with Crippen molar-refractivity contribution in [3.63, 3.8) is 0 Å². The largest absolute Gasteiger partial charge is 0.419 e.